The van der Waals surface area contributed by atoms with E-state index in [-0.39, 0.29) is 36.3 Å². The van der Waals surface area contributed by atoms with Gasteiger partial charge in [-0.15, -0.1) is 12.4 Å². The highest BCUT2D eigenvalue weighted by Crippen LogP contribution is 2.27. The average molecular weight is 430 g/mol. The molecule has 28 heavy (non-hydrogen) atoms. The number of rotatable bonds is 4. The van der Waals surface area contributed by atoms with Crippen molar-refractivity contribution >= 4 is 28.3 Å². The molecule has 1 heterocycles. The maximum absolute atomic E-state index is 13.0. The molecule has 2 aliphatic rings. The second kappa shape index (κ2) is 9.57. The van der Waals surface area contributed by atoms with Gasteiger partial charge in [-0.05, 0) is 64.0 Å². The first kappa shape index (κ1) is 23.1. The van der Waals surface area contributed by atoms with E-state index in [0.717, 1.165) is 36.8 Å². The topological polar surface area (TPSA) is 92.5 Å². The highest BCUT2D eigenvalue weighted by molar-refractivity contribution is 7.89. The highest BCUT2D eigenvalue weighted by atomic mass is 35.5. The molecular formula is C20H32ClN3O3S. The van der Waals surface area contributed by atoms with Gasteiger partial charge in [-0.3, -0.25) is 4.79 Å². The summed E-state index contributed by atoms with van der Waals surface area (Å²) < 4.78 is 27.4. The summed E-state index contributed by atoms with van der Waals surface area (Å²) in [7, 11) is -3.50. The minimum absolute atomic E-state index is 0. The van der Waals surface area contributed by atoms with Crippen LogP contribution in [0.2, 0.25) is 0 Å². The Morgan fingerprint density at radius 2 is 1.68 bits per heavy atom. The van der Waals surface area contributed by atoms with E-state index in [1.54, 1.807) is 6.07 Å². The van der Waals surface area contributed by atoms with E-state index in [9.17, 15) is 13.2 Å². The molecule has 1 aliphatic heterocycles. The van der Waals surface area contributed by atoms with Crippen LogP contribution in [0.3, 0.4) is 0 Å². The highest BCUT2D eigenvalue weighted by Gasteiger charge is 2.33. The van der Waals surface area contributed by atoms with Crippen molar-refractivity contribution in [2.24, 2.45) is 11.7 Å². The molecule has 0 radical (unpaired) electrons. The lowest BCUT2D eigenvalue weighted by Gasteiger charge is -2.33. The van der Waals surface area contributed by atoms with Gasteiger partial charge in [-0.25, -0.2) is 8.42 Å². The number of carbonyl (C=O) groups is 1. The molecule has 1 amide bonds. The SMILES string of the molecule is Cc1ccc(S(=O)(=O)N2CCC(C(=O)NC3CCC(N)CC3)CC2)c(C)c1.Cl. The molecule has 0 atom stereocenters. The number of nitrogens with zero attached hydrogens (tertiary/aromatic N) is 1. The lowest BCUT2D eigenvalue weighted by Crippen LogP contribution is -2.46. The van der Waals surface area contributed by atoms with Crippen LogP contribution in [0.4, 0.5) is 0 Å². The number of nitrogens with two attached hydrogens (primary N) is 1. The Hall–Kier alpha value is -1.15. The van der Waals surface area contributed by atoms with Crippen molar-refractivity contribution in [2.75, 3.05) is 13.1 Å². The van der Waals surface area contributed by atoms with Crippen LogP contribution in [-0.2, 0) is 14.8 Å². The zero-order chi connectivity index (χ0) is 19.6. The molecule has 8 heteroatoms. The van der Waals surface area contributed by atoms with Crippen LogP contribution in [0.15, 0.2) is 23.1 Å². The molecule has 1 aromatic rings. The van der Waals surface area contributed by atoms with Crippen LogP contribution in [-0.4, -0.2) is 43.8 Å². The fraction of sp³-hybridized carbons (Fsp3) is 0.650. The summed E-state index contributed by atoms with van der Waals surface area (Å²) in [6.45, 7) is 4.57. The number of benzene rings is 1. The maximum Gasteiger partial charge on any atom is 0.243 e. The molecular weight excluding hydrogens is 398 g/mol. The van der Waals surface area contributed by atoms with Crippen molar-refractivity contribution in [3.05, 3.63) is 29.3 Å². The third-order valence-electron chi connectivity index (χ3n) is 5.89. The molecule has 1 aliphatic carbocycles. The number of amides is 1. The van der Waals surface area contributed by atoms with Gasteiger partial charge in [0.15, 0.2) is 0 Å². The zero-order valence-electron chi connectivity index (χ0n) is 16.7. The van der Waals surface area contributed by atoms with Crippen molar-refractivity contribution in [3.8, 4) is 0 Å². The smallest absolute Gasteiger partial charge is 0.243 e. The van der Waals surface area contributed by atoms with Crippen LogP contribution in [0.25, 0.3) is 0 Å². The van der Waals surface area contributed by atoms with E-state index >= 15 is 0 Å². The van der Waals surface area contributed by atoms with Gasteiger partial charge in [-0.1, -0.05) is 17.7 Å². The monoisotopic (exact) mass is 429 g/mol. The summed E-state index contributed by atoms with van der Waals surface area (Å²) in [5, 5.41) is 3.15. The predicted molar refractivity (Wildman–Crippen MR) is 113 cm³/mol. The Bertz CT molecular complexity index is 784. The fourth-order valence-corrected chi connectivity index (χ4v) is 5.84. The predicted octanol–water partition coefficient (Wildman–Crippen LogP) is 2.51. The van der Waals surface area contributed by atoms with Gasteiger partial charge in [0.2, 0.25) is 15.9 Å². The average Bonchev–Trinajstić information content (AvgIpc) is 2.63. The molecule has 1 aromatic carbocycles. The first-order valence-corrected chi connectivity index (χ1v) is 11.3. The van der Waals surface area contributed by atoms with Gasteiger partial charge in [0, 0.05) is 31.1 Å². The Balaban J connectivity index is 0.00000280. The number of halogens is 1. The van der Waals surface area contributed by atoms with E-state index < -0.39 is 10.0 Å². The minimum atomic E-state index is -3.50. The Kier molecular flexibility index (Phi) is 7.90. The molecule has 1 saturated carbocycles. The van der Waals surface area contributed by atoms with Gasteiger partial charge < -0.3 is 11.1 Å². The van der Waals surface area contributed by atoms with Crippen LogP contribution in [0, 0.1) is 19.8 Å². The normalized spacial score (nSPS) is 24.4. The number of sulfonamides is 1. The first-order chi connectivity index (χ1) is 12.8. The number of piperidine rings is 1. The molecule has 3 rings (SSSR count). The number of hydrogen-bond acceptors (Lipinski definition) is 4. The molecule has 0 spiro atoms. The fourth-order valence-electron chi connectivity index (χ4n) is 4.17. The lowest BCUT2D eigenvalue weighted by atomic mass is 9.90. The molecule has 158 valence electrons. The molecule has 6 nitrogen and oxygen atoms in total. The van der Waals surface area contributed by atoms with Gasteiger partial charge in [0.05, 0.1) is 4.90 Å². The standard InChI is InChI=1S/C20H31N3O3S.ClH/c1-14-3-8-19(15(2)13-14)27(25,26)23-11-9-16(10-12-23)20(24)22-18-6-4-17(21)5-7-18;/h3,8,13,16-18H,4-7,9-12,21H2,1-2H3,(H,22,24);1H. The van der Waals surface area contributed by atoms with Crippen LogP contribution in [0.1, 0.15) is 49.7 Å². The van der Waals surface area contributed by atoms with Gasteiger partial charge in [-0.2, -0.15) is 4.31 Å². The summed E-state index contributed by atoms with van der Waals surface area (Å²) in [6.07, 6.45) is 4.93. The van der Waals surface area contributed by atoms with E-state index in [1.807, 2.05) is 26.0 Å². The second-order valence-corrected chi connectivity index (χ2v) is 9.97. The summed E-state index contributed by atoms with van der Waals surface area (Å²) in [6, 6.07) is 5.89. The first-order valence-electron chi connectivity index (χ1n) is 9.90. The Morgan fingerprint density at radius 3 is 2.25 bits per heavy atom. The molecule has 0 aromatic heterocycles. The van der Waals surface area contributed by atoms with Gasteiger partial charge in [0.1, 0.15) is 0 Å². The van der Waals surface area contributed by atoms with Crippen molar-refractivity contribution in [1.29, 1.82) is 0 Å². The zero-order valence-corrected chi connectivity index (χ0v) is 18.3. The van der Waals surface area contributed by atoms with E-state index in [0.29, 0.717) is 30.8 Å². The van der Waals surface area contributed by atoms with Crippen molar-refractivity contribution < 1.29 is 13.2 Å². The molecule has 3 N–H and O–H groups in total. The van der Waals surface area contributed by atoms with Crippen LogP contribution in [0.5, 0.6) is 0 Å². The van der Waals surface area contributed by atoms with Gasteiger partial charge in [0.25, 0.3) is 0 Å². The number of carbonyl (C=O) groups excluding carboxylic acids is 1. The summed E-state index contributed by atoms with van der Waals surface area (Å²) in [4.78, 5) is 12.9. The summed E-state index contributed by atoms with van der Waals surface area (Å²) >= 11 is 0. The molecule has 0 unspecified atom stereocenters. The minimum Gasteiger partial charge on any atom is -0.353 e. The second-order valence-electron chi connectivity index (χ2n) is 8.07. The number of hydrogen-bond donors (Lipinski definition) is 2. The quantitative estimate of drug-likeness (QED) is 0.769. The maximum atomic E-state index is 13.0. The lowest BCUT2D eigenvalue weighted by molar-refractivity contribution is -0.127. The third-order valence-corrected chi connectivity index (χ3v) is 7.95. The number of nitrogens with one attached hydrogen (secondary N) is 1. The summed E-state index contributed by atoms with van der Waals surface area (Å²) in [5.41, 5.74) is 7.73. The number of aryl methyl sites for hydroxylation is 2. The molecule has 0 bridgehead atoms. The van der Waals surface area contributed by atoms with Gasteiger partial charge >= 0.3 is 0 Å². The Labute approximate surface area is 174 Å². The third kappa shape index (κ3) is 5.26. The Morgan fingerprint density at radius 1 is 1.07 bits per heavy atom. The van der Waals surface area contributed by atoms with E-state index in [4.69, 9.17) is 5.73 Å². The van der Waals surface area contributed by atoms with E-state index in [1.165, 1.54) is 4.31 Å². The summed E-state index contributed by atoms with van der Waals surface area (Å²) in [5.74, 6) is -0.0369. The van der Waals surface area contributed by atoms with E-state index in [2.05, 4.69) is 5.32 Å². The van der Waals surface area contributed by atoms with Crippen molar-refractivity contribution in [1.82, 2.24) is 9.62 Å². The largest absolute Gasteiger partial charge is 0.353 e. The van der Waals surface area contributed by atoms with Crippen molar-refractivity contribution in [3.63, 3.8) is 0 Å². The molecule has 2 fully saturated rings. The molecule has 1 saturated heterocycles. The van der Waals surface area contributed by atoms with Crippen molar-refractivity contribution in [2.45, 2.75) is 69.4 Å². The van der Waals surface area contributed by atoms with Crippen LogP contribution < -0.4 is 11.1 Å². The van der Waals surface area contributed by atoms with Crippen LogP contribution >= 0.6 is 12.4 Å².